The number of rotatable bonds is 7. The Morgan fingerprint density at radius 2 is 2.18 bits per heavy atom. The number of aryl methyl sites for hydroxylation is 2. The minimum Gasteiger partial charge on any atom is -0.355 e. The van der Waals surface area contributed by atoms with Crippen LogP contribution in [0.3, 0.4) is 0 Å². The highest BCUT2D eigenvalue weighted by molar-refractivity contribution is 7.98. The van der Waals surface area contributed by atoms with E-state index in [1.165, 1.54) is 23.5 Å². The van der Waals surface area contributed by atoms with Crippen LogP contribution in [0.25, 0.3) is 10.2 Å². The number of fused-ring (bicyclic) bond motifs is 1. The third-order valence-corrected chi connectivity index (χ3v) is 6.72. The standard InChI is InChI=1S/C19H19ClFN3O2S2/c1-10-11(2)28-19-17(10)18(26)23-15(24-19)9-27-7-6-22-16(25)8-12-13(20)4-3-5-14(12)21/h3-5H,6-9H2,1-2H3,(H,22,25)(H,23,24,26). The predicted molar refractivity (Wildman–Crippen MR) is 114 cm³/mol. The van der Waals surface area contributed by atoms with Crippen molar-refractivity contribution in [3.05, 3.63) is 61.2 Å². The quantitative estimate of drug-likeness (QED) is 0.546. The largest absolute Gasteiger partial charge is 0.355 e. The molecule has 2 heterocycles. The van der Waals surface area contributed by atoms with Crippen molar-refractivity contribution in [2.75, 3.05) is 12.3 Å². The number of thiophene rings is 1. The minimum atomic E-state index is -0.485. The van der Waals surface area contributed by atoms with E-state index >= 15 is 0 Å². The molecule has 28 heavy (non-hydrogen) atoms. The number of halogens is 2. The molecule has 0 spiro atoms. The monoisotopic (exact) mass is 439 g/mol. The number of nitrogens with one attached hydrogen (secondary N) is 2. The van der Waals surface area contributed by atoms with Crippen LogP contribution in [-0.4, -0.2) is 28.2 Å². The van der Waals surface area contributed by atoms with Crippen LogP contribution in [0.2, 0.25) is 5.02 Å². The van der Waals surface area contributed by atoms with E-state index in [9.17, 15) is 14.0 Å². The second kappa shape index (κ2) is 9.07. The molecule has 0 aliphatic heterocycles. The second-order valence-electron chi connectivity index (χ2n) is 6.26. The van der Waals surface area contributed by atoms with Crippen LogP contribution >= 0.6 is 34.7 Å². The fourth-order valence-electron chi connectivity index (χ4n) is 2.72. The van der Waals surface area contributed by atoms with Gasteiger partial charge in [-0.1, -0.05) is 17.7 Å². The van der Waals surface area contributed by atoms with Crippen LogP contribution in [0, 0.1) is 19.7 Å². The summed E-state index contributed by atoms with van der Waals surface area (Å²) in [6, 6.07) is 4.35. The Bertz CT molecular complexity index is 1060. The Balaban J connectivity index is 1.48. The number of thioether (sulfide) groups is 1. The van der Waals surface area contributed by atoms with Crippen molar-refractivity contribution >= 4 is 50.8 Å². The third kappa shape index (κ3) is 4.74. The molecule has 0 unspecified atom stereocenters. The van der Waals surface area contributed by atoms with Crippen LogP contribution in [0.1, 0.15) is 21.8 Å². The molecule has 0 bridgehead atoms. The topological polar surface area (TPSA) is 74.8 Å². The molecule has 0 fully saturated rings. The summed E-state index contributed by atoms with van der Waals surface area (Å²) in [6.45, 7) is 4.34. The summed E-state index contributed by atoms with van der Waals surface area (Å²) >= 11 is 9.00. The lowest BCUT2D eigenvalue weighted by Gasteiger charge is -2.07. The summed E-state index contributed by atoms with van der Waals surface area (Å²) in [7, 11) is 0. The van der Waals surface area contributed by atoms with Crippen molar-refractivity contribution in [2.24, 2.45) is 0 Å². The van der Waals surface area contributed by atoms with Gasteiger partial charge in [0.25, 0.3) is 5.56 Å². The predicted octanol–water partition coefficient (Wildman–Crippen LogP) is 3.99. The highest BCUT2D eigenvalue weighted by atomic mass is 35.5. The molecule has 2 N–H and O–H groups in total. The molecule has 0 atom stereocenters. The van der Waals surface area contributed by atoms with E-state index in [1.54, 1.807) is 17.8 Å². The van der Waals surface area contributed by atoms with Gasteiger partial charge in [0.1, 0.15) is 16.5 Å². The maximum Gasteiger partial charge on any atom is 0.259 e. The Labute approximate surface area is 174 Å². The normalized spacial score (nSPS) is 11.1. The Kier molecular flexibility index (Phi) is 6.74. The number of amides is 1. The minimum absolute atomic E-state index is 0.0984. The summed E-state index contributed by atoms with van der Waals surface area (Å²) < 4.78 is 13.7. The molecule has 0 aliphatic carbocycles. The first-order valence-corrected chi connectivity index (χ1v) is 11.0. The summed E-state index contributed by atoms with van der Waals surface area (Å²) in [4.78, 5) is 33.4. The van der Waals surface area contributed by atoms with E-state index in [0.29, 0.717) is 29.3 Å². The van der Waals surface area contributed by atoms with Crippen molar-refractivity contribution in [1.82, 2.24) is 15.3 Å². The van der Waals surface area contributed by atoms with Gasteiger partial charge in [-0.2, -0.15) is 11.8 Å². The molecule has 3 rings (SSSR count). The van der Waals surface area contributed by atoms with Gasteiger partial charge in [0.15, 0.2) is 0 Å². The molecular formula is C19H19ClFN3O2S2. The molecule has 1 aromatic carbocycles. The molecule has 0 radical (unpaired) electrons. The molecule has 5 nitrogen and oxygen atoms in total. The zero-order valence-electron chi connectivity index (χ0n) is 15.4. The van der Waals surface area contributed by atoms with Crippen LogP contribution in [0.15, 0.2) is 23.0 Å². The lowest BCUT2D eigenvalue weighted by molar-refractivity contribution is -0.120. The summed E-state index contributed by atoms with van der Waals surface area (Å²) in [6.07, 6.45) is -0.0984. The maximum atomic E-state index is 13.7. The lowest BCUT2D eigenvalue weighted by atomic mass is 10.1. The molecular weight excluding hydrogens is 421 g/mol. The van der Waals surface area contributed by atoms with E-state index in [2.05, 4.69) is 15.3 Å². The van der Waals surface area contributed by atoms with Gasteiger partial charge in [-0.25, -0.2) is 9.37 Å². The fourth-order valence-corrected chi connectivity index (χ4v) is 4.72. The number of benzene rings is 1. The van der Waals surface area contributed by atoms with Crippen molar-refractivity contribution in [2.45, 2.75) is 26.0 Å². The number of carbonyl (C=O) groups is 1. The molecule has 0 saturated carbocycles. The van der Waals surface area contributed by atoms with E-state index in [-0.39, 0.29) is 28.5 Å². The first-order valence-electron chi connectivity index (χ1n) is 8.63. The van der Waals surface area contributed by atoms with Gasteiger partial charge in [0.2, 0.25) is 5.91 Å². The van der Waals surface area contributed by atoms with Crippen molar-refractivity contribution in [1.29, 1.82) is 0 Å². The molecule has 3 aromatic rings. The third-order valence-electron chi connectivity index (χ3n) is 4.29. The number of carbonyl (C=O) groups excluding carboxylic acids is 1. The number of hydrogen-bond acceptors (Lipinski definition) is 5. The van der Waals surface area contributed by atoms with Crippen LogP contribution in [0.5, 0.6) is 0 Å². The van der Waals surface area contributed by atoms with E-state index in [4.69, 9.17) is 11.6 Å². The Morgan fingerprint density at radius 3 is 2.93 bits per heavy atom. The van der Waals surface area contributed by atoms with Crippen LogP contribution < -0.4 is 10.9 Å². The zero-order valence-corrected chi connectivity index (χ0v) is 17.8. The number of nitrogens with zero attached hydrogens (tertiary/aromatic N) is 1. The van der Waals surface area contributed by atoms with Crippen molar-refractivity contribution < 1.29 is 9.18 Å². The summed E-state index contributed by atoms with van der Waals surface area (Å²) in [5.41, 5.74) is 1.06. The number of H-pyrrole nitrogens is 1. The summed E-state index contributed by atoms with van der Waals surface area (Å²) in [5.74, 6) is 1.02. The number of aromatic nitrogens is 2. The first kappa shape index (κ1) is 20.8. The molecule has 1 amide bonds. The smallest absolute Gasteiger partial charge is 0.259 e. The maximum absolute atomic E-state index is 13.7. The highest BCUT2D eigenvalue weighted by Gasteiger charge is 2.13. The Hall–Kier alpha value is -1.90. The first-order chi connectivity index (χ1) is 13.4. The molecule has 9 heteroatoms. The molecule has 0 aliphatic rings. The van der Waals surface area contributed by atoms with Crippen LogP contribution in [-0.2, 0) is 17.0 Å². The van der Waals surface area contributed by atoms with Crippen molar-refractivity contribution in [3.63, 3.8) is 0 Å². The van der Waals surface area contributed by atoms with E-state index in [0.717, 1.165) is 15.3 Å². The fraction of sp³-hybridized carbons (Fsp3) is 0.316. The lowest BCUT2D eigenvalue weighted by Crippen LogP contribution is -2.27. The van der Waals surface area contributed by atoms with Gasteiger partial charge in [-0.3, -0.25) is 9.59 Å². The van der Waals surface area contributed by atoms with Gasteiger partial charge in [0, 0.05) is 27.8 Å². The zero-order chi connectivity index (χ0) is 20.3. The molecule has 148 valence electrons. The average molecular weight is 440 g/mol. The van der Waals surface area contributed by atoms with Gasteiger partial charge in [-0.05, 0) is 31.5 Å². The van der Waals surface area contributed by atoms with E-state index < -0.39 is 5.82 Å². The number of aromatic amines is 1. The summed E-state index contributed by atoms with van der Waals surface area (Å²) in [5, 5.41) is 3.66. The second-order valence-corrected chi connectivity index (χ2v) is 8.97. The molecule has 0 saturated heterocycles. The van der Waals surface area contributed by atoms with Crippen molar-refractivity contribution in [3.8, 4) is 0 Å². The van der Waals surface area contributed by atoms with Gasteiger partial charge < -0.3 is 10.3 Å². The van der Waals surface area contributed by atoms with Crippen LogP contribution in [0.4, 0.5) is 4.39 Å². The van der Waals surface area contributed by atoms with Gasteiger partial charge >= 0.3 is 0 Å². The molecule has 2 aromatic heterocycles. The highest BCUT2D eigenvalue weighted by Crippen LogP contribution is 2.26. The average Bonchev–Trinajstić information content (AvgIpc) is 2.92. The SMILES string of the molecule is Cc1sc2nc(CSCCNC(=O)Cc3c(F)cccc3Cl)[nH]c(=O)c2c1C. The Morgan fingerprint density at radius 1 is 1.39 bits per heavy atom. The number of hydrogen-bond donors (Lipinski definition) is 2. The van der Waals surface area contributed by atoms with E-state index in [1.807, 2.05) is 13.8 Å². The van der Waals surface area contributed by atoms with Gasteiger partial charge in [0.05, 0.1) is 17.6 Å². The van der Waals surface area contributed by atoms with Gasteiger partial charge in [-0.15, -0.1) is 11.3 Å².